The van der Waals surface area contributed by atoms with Crippen LogP contribution in [0.15, 0.2) is 42.1 Å². The standard InChI is InChI=1S/C25H27F4N3O/c26-21-6-7-22(25(27,28)29)20(15-21)14-18-9-12-32(13-10-18)23-8-5-19(16-31-23)24(33)30-11-1-2-17-3-4-17/h5-8,14-17H,1-4,9-13H2,(H,30,33). The van der Waals surface area contributed by atoms with E-state index in [4.69, 9.17) is 0 Å². The van der Waals surface area contributed by atoms with Crippen molar-refractivity contribution in [1.82, 2.24) is 10.3 Å². The number of hydrogen-bond donors (Lipinski definition) is 1. The maximum Gasteiger partial charge on any atom is 0.416 e. The van der Waals surface area contributed by atoms with Crippen molar-refractivity contribution in [2.45, 2.75) is 44.7 Å². The third-order valence-corrected chi connectivity index (χ3v) is 6.19. The summed E-state index contributed by atoms with van der Waals surface area (Å²) in [6.07, 6.45) is 4.37. The molecule has 33 heavy (non-hydrogen) atoms. The Balaban J connectivity index is 1.32. The first-order chi connectivity index (χ1) is 15.8. The number of carbonyl (C=O) groups excluding carboxylic acids is 1. The van der Waals surface area contributed by atoms with Gasteiger partial charge in [0.25, 0.3) is 5.91 Å². The van der Waals surface area contributed by atoms with Crippen LogP contribution in [0.1, 0.15) is 60.0 Å². The third-order valence-electron chi connectivity index (χ3n) is 6.19. The first-order valence-electron chi connectivity index (χ1n) is 11.3. The molecule has 1 aromatic heterocycles. The molecule has 0 radical (unpaired) electrons. The Morgan fingerprint density at radius 1 is 1.15 bits per heavy atom. The fourth-order valence-electron chi connectivity index (χ4n) is 4.11. The molecule has 0 atom stereocenters. The van der Waals surface area contributed by atoms with Crippen LogP contribution in [0.25, 0.3) is 6.08 Å². The van der Waals surface area contributed by atoms with Crippen molar-refractivity contribution in [3.63, 3.8) is 0 Å². The summed E-state index contributed by atoms with van der Waals surface area (Å²) in [4.78, 5) is 18.7. The number of alkyl halides is 3. The van der Waals surface area contributed by atoms with Crippen LogP contribution in [0.3, 0.4) is 0 Å². The molecule has 176 valence electrons. The van der Waals surface area contributed by atoms with Crippen molar-refractivity contribution >= 4 is 17.8 Å². The van der Waals surface area contributed by atoms with E-state index in [1.807, 2.05) is 4.90 Å². The Kier molecular flexibility index (Phi) is 7.00. The highest BCUT2D eigenvalue weighted by molar-refractivity contribution is 5.94. The van der Waals surface area contributed by atoms with Gasteiger partial charge in [-0.25, -0.2) is 9.37 Å². The Morgan fingerprint density at radius 2 is 1.91 bits per heavy atom. The molecular weight excluding hydrogens is 434 g/mol. The maximum atomic E-state index is 13.5. The second-order valence-electron chi connectivity index (χ2n) is 8.77. The minimum atomic E-state index is -4.53. The van der Waals surface area contributed by atoms with E-state index in [0.29, 0.717) is 38.0 Å². The lowest BCUT2D eigenvalue weighted by atomic mass is 9.98. The number of piperidine rings is 1. The molecule has 1 saturated heterocycles. The fourth-order valence-corrected chi connectivity index (χ4v) is 4.11. The summed E-state index contributed by atoms with van der Waals surface area (Å²) in [5, 5.41) is 2.92. The molecule has 1 saturated carbocycles. The highest BCUT2D eigenvalue weighted by Gasteiger charge is 2.33. The summed E-state index contributed by atoms with van der Waals surface area (Å²) in [5.41, 5.74) is 0.372. The molecule has 8 heteroatoms. The molecule has 1 amide bonds. The van der Waals surface area contributed by atoms with E-state index in [1.54, 1.807) is 18.3 Å². The van der Waals surface area contributed by atoms with Gasteiger partial charge in [0.05, 0.1) is 11.1 Å². The van der Waals surface area contributed by atoms with Crippen LogP contribution in [0, 0.1) is 11.7 Å². The monoisotopic (exact) mass is 461 g/mol. The average molecular weight is 462 g/mol. The van der Waals surface area contributed by atoms with Crippen molar-refractivity contribution in [2.75, 3.05) is 24.5 Å². The summed E-state index contributed by atoms with van der Waals surface area (Å²) in [7, 11) is 0. The SMILES string of the molecule is O=C(NCCCC1CC1)c1ccc(N2CCC(=Cc3cc(F)ccc3C(F)(F)F)CC2)nc1. The smallest absolute Gasteiger partial charge is 0.356 e. The Morgan fingerprint density at radius 3 is 2.55 bits per heavy atom. The van der Waals surface area contributed by atoms with E-state index in [0.717, 1.165) is 41.9 Å². The largest absolute Gasteiger partial charge is 0.416 e. The lowest BCUT2D eigenvalue weighted by Crippen LogP contribution is -2.31. The number of carbonyl (C=O) groups is 1. The molecule has 1 aliphatic heterocycles. The molecule has 2 aromatic rings. The molecule has 0 bridgehead atoms. The van der Waals surface area contributed by atoms with Gasteiger partial charge in [0, 0.05) is 25.8 Å². The molecule has 0 spiro atoms. The zero-order chi connectivity index (χ0) is 23.4. The van der Waals surface area contributed by atoms with Gasteiger partial charge in [0.2, 0.25) is 0 Å². The van der Waals surface area contributed by atoms with Crippen molar-refractivity contribution in [3.8, 4) is 0 Å². The lowest BCUT2D eigenvalue weighted by molar-refractivity contribution is -0.137. The first-order valence-corrected chi connectivity index (χ1v) is 11.3. The van der Waals surface area contributed by atoms with Gasteiger partial charge in [-0.05, 0) is 67.5 Å². The van der Waals surface area contributed by atoms with Gasteiger partial charge in [-0.15, -0.1) is 0 Å². The minimum absolute atomic E-state index is 0.135. The zero-order valence-corrected chi connectivity index (χ0v) is 18.3. The van der Waals surface area contributed by atoms with Gasteiger partial charge >= 0.3 is 6.18 Å². The summed E-state index contributed by atoms with van der Waals surface area (Å²) >= 11 is 0. The van der Waals surface area contributed by atoms with E-state index in [-0.39, 0.29) is 11.5 Å². The number of benzene rings is 1. The van der Waals surface area contributed by atoms with Crippen LogP contribution in [-0.2, 0) is 6.18 Å². The number of halogens is 4. The Bertz CT molecular complexity index is 1000. The molecule has 1 N–H and O–H groups in total. The number of pyridine rings is 1. The number of hydrogen-bond acceptors (Lipinski definition) is 3. The minimum Gasteiger partial charge on any atom is -0.356 e. The first kappa shape index (κ1) is 23.3. The molecule has 4 nitrogen and oxygen atoms in total. The van der Waals surface area contributed by atoms with Crippen LogP contribution < -0.4 is 10.2 Å². The Hall–Kier alpha value is -2.90. The summed E-state index contributed by atoms with van der Waals surface area (Å²) < 4.78 is 53.2. The molecule has 1 aliphatic carbocycles. The van der Waals surface area contributed by atoms with Gasteiger partial charge in [0.15, 0.2) is 0 Å². The van der Waals surface area contributed by atoms with Crippen LogP contribution in [0.4, 0.5) is 23.4 Å². The average Bonchev–Trinajstić information content (AvgIpc) is 3.61. The number of nitrogens with one attached hydrogen (secondary N) is 1. The predicted octanol–water partition coefficient (Wildman–Crippen LogP) is 5.84. The van der Waals surface area contributed by atoms with E-state index >= 15 is 0 Å². The number of amides is 1. The fraction of sp³-hybridized carbons (Fsp3) is 0.440. The lowest BCUT2D eigenvalue weighted by Gasteiger charge is -2.29. The van der Waals surface area contributed by atoms with E-state index in [9.17, 15) is 22.4 Å². The van der Waals surface area contributed by atoms with Crippen LogP contribution in [-0.4, -0.2) is 30.5 Å². The summed E-state index contributed by atoms with van der Waals surface area (Å²) in [6.45, 7) is 1.84. The second kappa shape index (κ2) is 9.93. The number of aromatic nitrogens is 1. The number of anilines is 1. The van der Waals surface area contributed by atoms with E-state index in [2.05, 4.69) is 10.3 Å². The molecule has 0 unspecified atom stereocenters. The van der Waals surface area contributed by atoms with Crippen molar-refractivity contribution in [2.24, 2.45) is 5.92 Å². The van der Waals surface area contributed by atoms with E-state index < -0.39 is 17.6 Å². The zero-order valence-electron chi connectivity index (χ0n) is 18.3. The van der Waals surface area contributed by atoms with Gasteiger partial charge in [-0.2, -0.15) is 13.2 Å². The summed E-state index contributed by atoms with van der Waals surface area (Å²) in [6, 6.07) is 6.08. The predicted molar refractivity (Wildman–Crippen MR) is 119 cm³/mol. The molecule has 2 aliphatic rings. The normalized spacial score (nSPS) is 16.6. The van der Waals surface area contributed by atoms with Gasteiger partial charge in [0.1, 0.15) is 11.6 Å². The van der Waals surface area contributed by atoms with E-state index in [1.165, 1.54) is 25.3 Å². The van der Waals surface area contributed by atoms with Crippen molar-refractivity contribution in [1.29, 1.82) is 0 Å². The highest BCUT2D eigenvalue weighted by atomic mass is 19.4. The maximum absolute atomic E-state index is 13.5. The summed E-state index contributed by atoms with van der Waals surface area (Å²) in [5.74, 6) is 0.747. The molecular formula is C25H27F4N3O. The van der Waals surface area contributed by atoms with Crippen LogP contribution >= 0.6 is 0 Å². The highest BCUT2D eigenvalue weighted by Crippen LogP contribution is 2.35. The molecule has 2 fully saturated rings. The van der Waals surface area contributed by atoms with Crippen LogP contribution in [0.5, 0.6) is 0 Å². The quantitative estimate of drug-likeness (QED) is 0.416. The Labute approximate surface area is 190 Å². The number of rotatable bonds is 7. The molecule has 1 aromatic carbocycles. The second-order valence-corrected chi connectivity index (χ2v) is 8.77. The number of nitrogens with zero attached hydrogens (tertiary/aromatic N) is 2. The van der Waals surface area contributed by atoms with Crippen molar-refractivity contribution < 1.29 is 22.4 Å². The van der Waals surface area contributed by atoms with Gasteiger partial charge < -0.3 is 10.2 Å². The topological polar surface area (TPSA) is 45.2 Å². The van der Waals surface area contributed by atoms with Gasteiger partial charge in [-0.1, -0.05) is 24.5 Å². The van der Waals surface area contributed by atoms with Crippen LogP contribution in [0.2, 0.25) is 0 Å². The molecule has 4 rings (SSSR count). The molecule has 2 heterocycles. The van der Waals surface area contributed by atoms with Crippen molar-refractivity contribution in [3.05, 3.63) is 64.6 Å². The third kappa shape index (κ3) is 6.33. The van der Waals surface area contributed by atoms with Gasteiger partial charge in [-0.3, -0.25) is 4.79 Å².